The number of imidazole rings is 1. The van der Waals surface area contributed by atoms with Crippen LogP contribution in [-0.4, -0.2) is 42.5 Å². The van der Waals surface area contributed by atoms with E-state index in [1.807, 2.05) is 47.0 Å². The molecule has 1 aliphatic rings. The van der Waals surface area contributed by atoms with E-state index in [1.165, 1.54) is 0 Å². The third-order valence-electron chi connectivity index (χ3n) is 4.75. The first-order valence-corrected chi connectivity index (χ1v) is 10.0. The molecule has 1 aromatic heterocycles. The van der Waals surface area contributed by atoms with Crippen LogP contribution in [0.25, 0.3) is 5.69 Å². The minimum atomic E-state index is -0.117. The molecule has 29 heavy (non-hydrogen) atoms. The van der Waals surface area contributed by atoms with E-state index in [-0.39, 0.29) is 11.2 Å². The standard InChI is InChI=1S/C21H21N3O4S/c1-26-15-7-5-14(6-8-15)24-12-22-21-19(24)20(29-11-18(25)23-21)13-4-9-16(27-2)17(10-13)28-3/h4-10,12,20H,11H2,1-3H3,(H,23,25)/t20-/m0/s1. The number of fused-ring (bicyclic) bond motifs is 1. The average molecular weight is 411 g/mol. The molecule has 0 aliphatic carbocycles. The third kappa shape index (κ3) is 3.63. The van der Waals surface area contributed by atoms with Crippen molar-refractivity contribution in [1.29, 1.82) is 0 Å². The number of rotatable bonds is 5. The van der Waals surface area contributed by atoms with E-state index in [9.17, 15) is 4.79 Å². The van der Waals surface area contributed by atoms with Gasteiger partial charge in [-0.25, -0.2) is 4.98 Å². The van der Waals surface area contributed by atoms with Gasteiger partial charge in [0, 0.05) is 5.69 Å². The monoisotopic (exact) mass is 411 g/mol. The molecule has 3 aromatic rings. The van der Waals surface area contributed by atoms with Gasteiger partial charge in [-0.05, 0) is 42.0 Å². The molecule has 8 heteroatoms. The van der Waals surface area contributed by atoms with Gasteiger partial charge >= 0.3 is 0 Å². The lowest BCUT2D eigenvalue weighted by molar-refractivity contribution is -0.113. The first kappa shape index (κ1) is 19.2. The molecule has 1 amide bonds. The SMILES string of the molecule is COc1ccc(-n2cnc3c2[C@H](c2ccc(OC)c(OC)c2)SCC(=O)N3)cc1. The van der Waals surface area contributed by atoms with Crippen molar-refractivity contribution in [3.05, 3.63) is 60.0 Å². The molecule has 1 N–H and O–H groups in total. The zero-order valence-corrected chi connectivity index (χ0v) is 17.2. The molecule has 0 bridgehead atoms. The number of nitrogens with one attached hydrogen (secondary N) is 1. The Labute approximate surface area is 173 Å². The van der Waals surface area contributed by atoms with E-state index in [0.717, 1.165) is 22.7 Å². The molecule has 0 spiro atoms. The summed E-state index contributed by atoms with van der Waals surface area (Å²) < 4.78 is 18.1. The van der Waals surface area contributed by atoms with Gasteiger partial charge in [0.05, 0.1) is 38.0 Å². The minimum Gasteiger partial charge on any atom is -0.497 e. The molecule has 150 valence electrons. The zero-order valence-electron chi connectivity index (χ0n) is 16.3. The number of nitrogens with zero attached hydrogens (tertiary/aromatic N) is 2. The summed E-state index contributed by atoms with van der Waals surface area (Å²) >= 11 is 1.55. The number of hydrogen-bond donors (Lipinski definition) is 1. The normalized spacial score (nSPS) is 15.8. The highest BCUT2D eigenvalue weighted by Crippen LogP contribution is 2.44. The number of ether oxygens (including phenoxy) is 3. The molecule has 1 atom stereocenters. The maximum Gasteiger partial charge on any atom is 0.235 e. The van der Waals surface area contributed by atoms with Gasteiger partial charge in [-0.15, -0.1) is 11.8 Å². The van der Waals surface area contributed by atoms with Crippen molar-refractivity contribution in [3.8, 4) is 22.9 Å². The fourth-order valence-corrected chi connectivity index (χ4v) is 4.44. The molecule has 0 radical (unpaired) electrons. The Balaban J connectivity index is 1.83. The summed E-state index contributed by atoms with van der Waals surface area (Å²) in [5.74, 6) is 2.91. The van der Waals surface area contributed by atoms with Crippen LogP contribution in [0.5, 0.6) is 17.2 Å². The van der Waals surface area contributed by atoms with E-state index in [0.29, 0.717) is 23.1 Å². The summed E-state index contributed by atoms with van der Waals surface area (Å²) in [6.45, 7) is 0. The van der Waals surface area contributed by atoms with Gasteiger partial charge in [0.25, 0.3) is 0 Å². The predicted molar refractivity (Wildman–Crippen MR) is 113 cm³/mol. The summed E-state index contributed by atoms with van der Waals surface area (Å²) in [7, 11) is 4.86. The van der Waals surface area contributed by atoms with E-state index in [4.69, 9.17) is 14.2 Å². The molecule has 0 saturated carbocycles. The van der Waals surface area contributed by atoms with Crippen molar-refractivity contribution in [2.75, 3.05) is 32.4 Å². The number of carbonyl (C=O) groups excluding carboxylic acids is 1. The lowest BCUT2D eigenvalue weighted by Gasteiger charge is -2.19. The number of anilines is 1. The van der Waals surface area contributed by atoms with Crippen LogP contribution in [0.2, 0.25) is 0 Å². The van der Waals surface area contributed by atoms with Crippen LogP contribution < -0.4 is 19.5 Å². The number of amides is 1. The van der Waals surface area contributed by atoms with Crippen molar-refractivity contribution in [2.24, 2.45) is 0 Å². The minimum absolute atomic E-state index is 0.0702. The first-order chi connectivity index (χ1) is 14.1. The quantitative estimate of drug-likeness (QED) is 0.691. The van der Waals surface area contributed by atoms with Gasteiger partial charge in [-0.1, -0.05) is 6.07 Å². The van der Waals surface area contributed by atoms with Crippen LogP contribution in [0, 0.1) is 0 Å². The van der Waals surface area contributed by atoms with Gasteiger partial charge in [0.1, 0.15) is 12.1 Å². The molecular formula is C21H21N3O4S. The second-order valence-corrected chi connectivity index (χ2v) is 7.49. The van der Waals surface area contributed by atoms with Crippen LogP contribution >= 0.6 is 11.8 Å². The van der Waals surface area contributed by atoms with E-state index in [1.54, 1.807) is 39.4 Å². The van der Waals surface area contributed by atoms with Crippen molar-refractivity contribution < 1.29 is 19.0 Å². The Morgan fingerprint density at radius 2 is 1.79 bits per heavy atom. The van der Waals surface area contributed by atoms with Crippen molar-refractivity contribution in [1.82, 2.24) is 9.55 Å². The molecule has 2 aromatic carbocycles. The van der Waals surface area contributed by atoms with E-state index < -0.39 is 0 Å². The van der Waals surface area contributed by atoms with Crippen molar-refractivity contribution in [3.63, 3.8) is 0 Å². The molecule has 0 unspecified atom stereocenters. The Morgan fingerprint density at radius 1 is 1.03 bits per heavy atom. The van der Waals surface area contributed by atoms with Gasteiger partial charge in [0.2, 0.25) is 5.91 Å². The molecule has 7 nitrogen and oxygen atoms in total. The molecule has 4 rings (SSSR count). The molecule has 1 aliphatic heterocycles. The zero-order chi connectivity index (χ0) is 20.4. The largest absolute Gasteiger partial charge is 0.497 e. The number of carbonyl (C=O) groups is 1. The summed E-state index contributed by atoms with van der Waals surface area (Å²) in [4.78, 5) is 16.7. The smallest absolute Gasteiger partial charge is 0.235 e. The highest BCUT2D eigenvalue weighted by molar-refractivity contribution is 8.00. The lowest BCUT2D eigenvalue weighted by atomic mass is 10.1. The topological polar surface area (TPSA) is 74.6 Å². The Kier molecular flexibility index (Phi) is 5.35. The Bertz CT molecular complexity index is 1030. The van der Waals surface area contributed by atoms with Crippen molar-refractivity contribution >= 4 is 23.5 Å². The molecular weight excluding hydrogens is 390 g/mol. The summed E-state index contributed by atoms with van der Waals surface area (Å²) in [6, 6.07) is 13.5. The molecule has 2 heterocycles. The Morgan fingerprint density at radius 3 is 2.48 bits per heavy atom. The van der Waals surface area contributed by atoms with Gasteiger partial charge in [0.15, 0.2) is 17.3 Å². The predicted octanol–water partition coefficient (Wildman–Crippen LogP) is 3.67. The number of thioether (sulfide) groups is 1. The fourth-order valence-electron chi connectivity index (χ4n) is 3.33. The van der Waals surface area contributed by atoms with Crippen molar-refractivity contribution in [2.45, 2.75) is 5.25 Å². The maximum absolute atomic E-state index is 12.2. The number of aromatic nitrogens is 2. The maximum atomic E-state index is 12.2. The second-order valence-electron chi connectivity index (χ2n) is 6.40. The third-order valence-corrected chi connectivity index (χ3v) is 6.01. The number of benzene rings is 2. The van der Waals surface area contributed by atoms with Crippen LogP contribution in [-0.2, 0) is 4.79 Å². The summed E-state index contributed by atoms with van der Waals surface area (Å²) in [5.41, 5.74) is 2.83. The highest BCUT2D eigenvalue weighted by Gasteiger charge is 2.29. The summed E-state index contributed by atoms with van der Waals surface area (Å²) in [6.07, 6.45) is 1.73. The molecule has 0 fully saturated rings. The number of hydrogen-bond acceptors (Lipinski definition) is 6. The fraction of sp³-hybridized carbons (Fsp3) is 0.238. The Hall–Kier alpha value is -3.13. The highest BCUT2D eigenvalue weighted by atomic mass is 32.2. The van der Waals surface area contributed by atoms with E-state index >= 15 is 0 Å². The summed E-state index contributed by atoms with van der Waals surface area (Å²) in [5, 5.41) is 2.80. The number of methoxy groups -OCH3 is 3. The van der Waals surface area contributed by atoms with Crippen LogP contribution in [0.4, 0.5) is 5.82 Å². The van der Waals surface area contributed by atoms with Crippen LogP contribution in [0.1, 0.15) is 16.5 Å². The van der Waals surface area contributed by atoms with Gasteiger partial charge < -0.3 is 19.5 Å². The van der Waals surface area contributed by atoms with Crippen LogP contribution in [0.3, 0.4) is 0 Å². The van der Waals surface area contributed by atoms with Crippen LogP contribution in [0.15, 0.2) is 48.8 Å². The lowest BCUT2D eigenvalue weighted by Crippen LogP contribution is -2.12. The first-order valence-electron chi connectivity index (χ1n) is 8.99. The second kappa shape index (κ2) is 8.08. The van der Waals surface area contributed by atoms with Gasteiger partial charge in [-0.3, -0.25) is 9.36 Å². The molecule has 0 saturated heterocycles. The average Bonchev–Trinajstić information content (AvgIpc) is 3.09. The van der Waals surface area contributed by atoms with E-state index in [2.05, 4.69) is 10.3 Å². The van der Waals surface area contributed by atoms with Gasteiger partial charge in [-0.2, -0.15) is 0 Å².